The Morgan fingerprint density at radius 2 is 2.20 bits per heavy atom. The summed E-state index contributed by atoms with van der Waals surface area (Å²) in [6, 6.07) is 9.91. The molecule has 4 nitrogen and oxygen atoms in total. The van der Waals surface area contributed by atoms with E-state index in [1.165, 1.54) is 0 Å². The summed E-state index contributed by atoms with van der Waals surface area (Å²) < 4.78 is 0. The molecule has 1 amide bonds. The maximum absolute atomic E-state index is 12.5. The van der Waals surface area contributed by atoms with Crippen LogP contribution in [0.2, 0.25) is 0 Å². The number of anilines is 2. The molecule has 2 N–H and O–H groups in total. The van der Waals surface area contributed by atoms with E-state index in [0.717, 1.165) is 35.5 Å². The largest absolute Gasteiger partial charge is 0.385 e. The molecule has 0 radical (unpaired) electrons. The molecule has 20 heavy (non-hydrogen) atoms. The summed E-state index contributed by atoms with van der Waals surface area (Å²) >= 11 is 0. The van der Waals surface area contributed by atoms with Gasteiger partial charge in [0, 0.05) is 18.4 Å². The zero-order valence-electron chi connectivity index (χ0n) is 11.4. The van der Waals surface area contributed by atoms with Gasteiger partial charge in [-0.25, -0.2) is 0 Å². The summed E-state index contributed by atoms with van der Waals surface area (Å²) in [4.78, 5) is 16.6. The van der Waals surface area contributed by atoms with E-state index in [9.17, 15) is 4.79 Å². The van der Waals surface area contributed by atoms with Gasteiger partial charge in [0.25, 0.3) is 0 Å². The number of hydrogen-bond acceptors (Lipinski definition) is 3. The summed E-state index contributed by atoms with van der Waals surface area (Å²) in [7, 11) is 0. The van der Waals surface area contributed by atoms with Gasteiger partial charge in [0.2, 0.25) is 5.91 Å². The van der Waals surface area contributed by atoms with E-state index in [2.05, 4.69) is 15.6 Å². The maximum Gasteiger partial charge on any atom is 0.232 e. The highest BCUT2D eigenvalue weighted by atomic mass is 16.1. The normalized spacial score (nSPS) is 16.9. The van der Waals surface area contributed by atoms with Gasteiger partial charge in [-0.2, -0.15) is 0 Å². The summed E-state index contributed by atoms with van der Waals surface area (Å²) in [5.41, 5.74) is 3.91. The van der Waals surface area contributed by atoms with E-state index in [0.29, 0.717) is 0 Å². The molecule has 1 aliphatic heterocycles. The molecule has 0 fully saturated rings. The third kappa shape index (κ3) is 2.50. The first-order valence-corrected chi connectivity index (χ1v) is 6.79. The third-order valence-electron chi connectivity index (χ3n) is 3.54. The zero-order valence-corrected chi connectivity index (χ0v) is 11.4. The number of rotatable bonds is 2. The Morgan fingerprint density at radius 3 is 3.05 bits per heavy atom. The van der Waals surface area contributed by atoms with Crippen LogP contribution in [-0.2, 0) is 4.79 Å². The van der Waals surface area contributed by atoms with E-state index >= 15 is 0 Å². The summed E-state index contributed by atoms with van der Waals surface area (Å²) in [5, 5.41) is 6.29. The van der Waals surface area contributed by atoms with Gasteiger partial charge in [-0.1, -0.05) is 18.2 Å². The van der Waals surface area contributed by atoms with E-state index < -0.39 is 0 Å². The number of aromatic nitrogens is 1. The van der Waals surface area contributed by atoms with Crippen molar-refractivity contribution in [2.45, 2.75) is 19.3 Å². The predicted molar refractivity (Wildman–Crippen MR) is 79.9 cm³/mol. The predicted octanol–water partition coefficient (Wildman–Crippen LogP) is 2.93. The Labute approximate surface area is 118 Å². The zero-order chi connectivity index (χ0) is 13.9. The molecular formula is C16H17N3O. The van der Waals surface area contributed by atoms with Crippen LogP contribution in [0.3, 0.4) is 0 Å². The van der Waals surface area contributed by atoms with Crippen molar-refractivity contribution in [1.82, 2.24) is 4.98 Å². The number of pyridine rings is 1. The molecular weight excluding hydrogens is 250 g/mol. The molecule has 1 atom stereocenters. The van der Waals surface area contributed by atoms with E-state index in [1.54, 1.807) is 12.4 Å². The molecule has 0 aliphatic carbocycles. The van der Waals surface area contributed by atoms with Crippen LogP contribution in [0.15, 0.2) is 42.7 Å². The summed E-state index contributed by atoms with van der Waals surface area (Å²) in [6.45, 7) is 2.78. The Bertz CT molecular complexity index is 639. The molecule has 3 rings (SSSR count). The van der Waals surface area contributed by atoms with Crippen molar-refractivity contribution >= 4 is 17.3 Å². The quantitative estimate of drug-likeness (QED) is 0.879. The average Bonchev–Trinajstić information content (AvgIpc) is 2.46. The molecule has 4 heteroatoms. The highest BCUT2D eigenvalue weighted by molar-refractivity contribution is 5.97. The fraction of sp³-hybridized carbons (Fsp3) is 0.250. The molecule has 1 unspecified atom stereocenters. The van der Waals surface area contributed by atoms with Crippen molar-refractivity contribution in [2.24, 2.45) is 0 Å². The molecule has 1 aromatic carbocycles. The second-order valence-electron chi connectivity index (χ2n) is 5.10. The Balaban J connectivity index is 1.82. The van der Waals surface area contributed by atoms with Crippen molar-refractivity contribution in [3.05, 3.63) is 53.9 Å². The van der Waals surface area contributed by atoms with Crippen LogP contribution in [0.1, 0.15) is 23.5 Å². The lowest BCUT2D eigenvalue weighted by molar-refractivity contribution is -0.117. The number of hydrogen-bond donors (Lipinski definition) is 2. The van der Waals surface area contributed by atoms with Crippen molar-refractivity contribution < 1.29 is 4.79 Å². The second kappa shape index (κ2) is 5.33. The van der Waals surface area contributed by atoms with Crippen molar-refractivity contribution in [2.75, 3.05) is 17.2 Å². The molecule has 0 bridgehead atoms. The van der Waals surface area contributed by atoms with Crippen LogP contribution in [-0.4, -0.2) is 17.4 Å². The molecule has 0 spiro atoms. The van der Waals surface area contributed by atoms with Gasteiger partial charge < -0.3 is 10.6 Å². The first-order chi connectivity index (χ1) is 9.74. The number of nitrogens with one attached hydrogen (secondary N) is 2. The van der Waals surface area contributed by atoms with Gasteiger partial charge in [-0.15, -0.1) is 0 Å². The molecule has 102 valence electrons. The van der Waals surface area contributed by atoms with Gasteiger partial charge in [0.15, 0.2) is 0 Å². The van der Waals surface area contributed by atoms with E-state index in [-0.39, 0.29) is 11.8 Å². The highest BCUT2D eigenvalue weighted by Crippen LogP contribution is 2.32. The number of fused-ring (bicyclic) bond motifs is 1. The van der Waals surface area contributed by atoms with Gasteiger partial charge in [-0.3, -0.25) is 9.78 Å². The molecule has 2 aromatic rings. The van der Waals surface area contributed by atoms with Gasteiger partial charge in [0.05, 0.1) is 17.8 Å². The van der Waals surface area contributed by atoms with Crippen molar-refractivity contribution in [3.63, 3.8) is 0 Å². The molecule has 2 heterocycles. The lowest BCUT2D eigenvalue weighted by Crippen LogP contribution is -2.27. The topological polar surface area (TPSA) is 54.0 Å². The van der Waals surface area contributed by atoms with Gasteiger partial charge in [0.1, 0.15) is 0 Å². The van der Waals surface area contributed by atoms with Crippen LogP contribution in [0.4, 0.5) is 11.4 Å². The minimum Gasteiger partial charge on any atom is -0.385 e. The average molecular weight is 267 g/mol. The number of nitrogens with zero attached hydrogens (tertiary/aromatic N) is 1. The number of para-hydroxylation sites is 1. The molecule has 0 saturated carbocycles. The smallest absolute Gasteiger partial charge is 0.232 e. The summed E-state index contributed by atoms with van der Waals surface area (Å²) in [5.74, 6) is -0.0701. The fourth-order valence-corrected chi connectivity index (χ4v) is 2.59. The number of carbonyl (C=O) groups is 1. The summed E-state index contributed by atoms with van der Waals surface area (Å²) in [6.07, 6.45) is 4.26. The van der Waals surface area contributed by atoms with Crippen LogP contribution >= 0.6 is 0 Å². The van der Waals surface area contributed by atoms with Gasteiger partial charge in [-0.05, 0) is 36.6 Å². The first kappa shape index (κ1) is 12.7. The highest BCUT2D eigenvalue weighted by Gasteiger charge is 2.26. The Morgan fingerprint density at radius 1 is 1.35 bits per heavy atom. The first-order valence-electron chi connectivity index (χ1n) is 6.79. The maximum atomic E-state index is 12.5. The van der Waals surface area contributed by atoms with Gasteiger partial charge >= 0.3 is 0 Å². The third-order valence-corrected chi connectivity index (χ3v) is 3.54. The lowest BCUT2D eigenvalue weighted by Gasteiger charge is -2.25. The fourth-order valence-electron chi connectivity index (χ4n) is 2.59. The van der Waals surface area contributed by atoms with Crippen molar-refractivity contribution in [3.8, 4) is 0 Å². The molecule has 0 saturated heterocycles. The number of amides is 1. The monoisotopic (exact) mass is 267 g/mol. The van der Waals surface area contributed by atoms with Crippen LogP contribution in [0.5, 0.6) is 0 Å². The Kier molecular flexibility index (Phi) is 3.37. The van der Waals surface area contributed by atoms with Crippen molar-refractivity contribution in [1.29, 1.82) is 0 Å². The Hall–Kier alpha value is -2.36. The molecule has 1 aliphatic rings. The van der Waals surface area contributed by atoms with E-state index in [1.807, 2.05) is 37.3 Å². The standard InChI is InChI=1S/C16H17N3O/c1-11-8-12(10-17-9-11)19-16(20)14-6-7-18-15-5-3-2-4-13(14)15/h2-5,8-10,14,18H,6-7H2,1H3,(H,19,20). The SMILES string of the molecule is Cc1cncc(NC(=O)C2CCNc3ccccc32)c1. The minimum atomic E-state index is -0.104. The lowest BCUT2D eigenvalue weighted by atomic mass is 9.90. The van der Waals surface area contributed by atoms with Crippen LogP contribution < -0.4 is 10.6 Å². The molecule has 1 aromatic heterocycles. The van der Waals surface area contributed by atoms with E-state index in [4.69, 9.17) is 0 Å². The van der Waals surface area contributed by atoms with Crippen LogP contribution in [0.25, 0.3) is 0 Å². The second-order valence-corrected chi connectivity index (χ2v) is 5.10. The number of aryl methyl sites for hydroxylation is 1. The number of carbonyl (C=O) groups excluding carboxylic acids is 1. The van der Waals surface area contributed by atoms with Crippen LogP contribution in [0, 0.1) is 6.92 Å². The number of benzene rings is 1. The minimum absolute atomic E-state index is 0.0337.